The Kier molecular flexibility index (Phi) is 5.24. The molecule has 3 rings (SSSR count). The van der Waals surface area contributed by atoms with E-state index in [1.165, 1.54) is 17.7 Å². The van der Waals surface area contributed by atoms with E-state index in [-0.39, 0.29) is 25.5 Å². The second-order valence-corrected chi connectivity index (χ2v) is 6.89. The number of carbonyl (C=O) groups excluding carboxylic acids is 2. The van der Waals surface area contributed by atoms with Crippen molar-refractivity contribution in [3.63, 3.8) is 0 Å². The summed E-state index contributed by atoms with van der Waals surface area (Å²) >= 11 is 0. The first kappa shape index (κ1) is 17.7. The monoisotopic (exact) mass is 347 g/mol. The van der Waals surface area contributed by atoms with E-state index in [1.54, 1.807) is 0 Å². The first-order valence-electron chi connectivity index (χ1n) is 8.70. The maximum atomic E-state index is 12.8. The lowest BCUT2D eigenvalue weighted by Gasteiger charge is -2.30. The van der Waals surface area contributed by atoms with Gasteiger partial charge in [0, 0.05) is 30.9 Å². The van der Waals surface area contributed by atoms with Crippen LogP contribution in [0.2, 0.25) is 0 Å². The number of primary amides is 1. The van der Waals surface area contributed by atoms with Crippen LogP contribution in [-0.4, -0.2) is 66.8 Å². The summed E-state index contributed by atoms with van der Waals surface area (Å²) in [6, 6.07) is 7.55. The molecule has 2 fully saturated rings. The number of rotatable bonds is 4. The van der Waals surface area contributed by atoms with Crippen molar-refractivity contribution in [2.75, 3.05) is 44.3 Å². The molecule has 0 saturated carbocycles. The Balaban J connectivity index is 1.71. The zero-order chi connectivity index (χ0) is 17.9. The van der Waals surface area contributed by atoms with Crippen LogP contribution in [0.15, 0.2) is 24.3 Å². The fourth-order valence-electron chi connectivity index (χ4n) is 3.49. The van der Waals surface area contributed by atoms with Gasteiger partial charge in [0.05, 0.1) is 26.2 Å². The van der Waals surface area contributed by atoms with Crippen molar-refractivity contribution in [3.05, 3.63) is 29.8 Å². The lowest BCUT2D eigenvalue weighted by molar-refractivity contribution is -0.125. The number of ether oxygens (including phenoxy) is 1. The molecule has 2 amide bonds. The van der Waals surface area contributed by atoms with E-state index in [4.69, 9.17) is 10.5 Å². The van der Waals surface area contributed by atoms with Gasteiger partial charge in [-0.05, 0) is 37.1 Å². The van der Waals surface area contributed by atoms with E-state index in [9.17, 15) is 14.7 Å². The Morgan fingerprint density at radius 2 is 1.84 bits per heavy atom. The SMILES string of the molecule is NC(=O)CC1(O)COCCN(C(=O)c2ccc(N3CCCC3)cc2)C1. The lowest BCUT2D eigenvalue weighted by atomic mass is 9.99. The Morgan fingerprint density at radius 3 is 2.48 bits per heavy atom. The molecular formula is C18H25N3O4. The molecule has 136 valence electrons. The average Bonchev–Trinajstić information content (AvgIpc) is 3.04. The minimum atomic E-state index is -1.44. The van der Waals surface area contributed by atoms with E-state index in [0.29, 0.717) is 18.7 Å². The smallest absolute Gasteiger partial charge is 0.254 e. The largest absolute Gasteiger partial charge is 0.385 e. The summed E-state index contributed by atoms with van der Waals surface area (Å²) in [6.07, 6.45) is 2.17. The molecule has 1 aromatic carbocycles. The predicted molar refractivity (Wildman–Crippen MR) is 93.4 cm³/mol. The number of hydrogen-bond acceptors (Lipinski definition) is 5. The predicted octanol–water partition coefficient (Wildman–Crippen LogP) is 0.366. The maximum absolute atomic E-state index is 12.8. The van der Waals surface area contributed by atoms with E-state index < -0.39 is 11.5 Å². The average molecular weight is 347 g/mol. The van der Waals surface area contributed by atoms with E-state index >= 15 is 0 Å². The molecule has 0 spiro atoms. The highest BCUT2D eigenvalue weighted by Crippen LogP contribution is 2.22. The van der Waals surface area contributed by atoms with Gasteiger partial charge in [0.25, 0.3) is 5.91 Å². The van der Waals surface area contributed by atoms with E-state index in [2.05, 4.69) is 4.90 Å². The number of nitrogens with two attached hydrogens (primary N) is 1. The summed E-state index contributed by atoms with van der Waals surface area (Å²) < 4.78 is 5.36. The van der Waals surface area contributed by atoms with Crippen molar-refractivity contribution in [1.82, 2.24) is 4.90 Å². The molecule has 7 nitrogen and oxygen atoms in total. The van der Waals surface area contributed by atoms with E-state index in [0.717, 1.165) is 18.8 Å². The second kappa shape index (κ2) is 7.41. The van der Waals surface area contributed by atoms with Crippen LogP contribution >= 0.6 is 0 Å². The summed E-state index contributed by atoms with van der Waals surface area (Å²) in [5.74, 6) is -0.795. The summed E-state index contributed by atoms with van der Waals surface area (Å²) in [6.45, 7) is 2.82. The van der Waals surface area contributed by atoms with Crippen LogP contribution in [0.3, 0.4) is 0 Å². The maximum Gasteiger partial charge on any atom is 0.254 e. The van der Waals surface area contributed by atoms with Crippen molar-refractivity contribution in [2.24, 2.45) is 5.73 Å². The minimum absolute atomic E-state index is 0.00633. The molecule has 7 heteroatoms. The third kappa shape index (κ3) is 4.29. The van der Waals surface area contributed by atoms with Crippen LogP contribution in [0.25, 0.3) is 0 Å². The van der Waals surface area contributed by atoms with Crippen molar-refractivity contribution < 1.29 is 19.4 Å². The molecule has 2 aliphatic heterocycles. The summed E-state index contributed by atoms with van der Waals surface area (Å²) in [7, 11) is 0. The quantitative estimate of drug-likeness (QED) is 0.820. The molecule has 3 N–H and O–H groups in total. The molecule has 1 atom stereocenters. The first-order valence-corrected chi connectivity index (χ1v) is 8.70. The Hall–Kier alpha value is -2.12. The highest BCUT2D eigenvalue weighted by Gasteiger charge is 2.36. The Bertz CT molecular complexity index is 628. The fraction of sp³-hybridized carbons (Fsp3) is 0.556. The van der Waals surface area contributed by atoms with E-state index in [1.807, 2.05) is 24.3 Å². The van der Waals surface area contributed by atoms with Crippen LogP contribution in [0.5, 0.6) is 0 Å². The van der Waals surface area contributed by atoms with Crippen molar-refractivity contribution in [2.45, 2.75) is 24.9 Å². The van der Waals surface area contributed by atoms with Crippen molar-refractivity contribution in [1.29, 1.82) is 0 Å². The highest BCUT2D eigenvalue weighted by atomic mass is 16.5. The summed E-state index contributed by atoms with van der Waals surface area (Å²) in [5, 5.41) is 10.5. The zero-order valence-electron chi connectivity index (χ0n) is 14.3. The molecule has 1 aromatic rings. The van der Waals surface area contributed by atoms with Gasteiger partial charge in [0.2, 0.25) is 5.91 Å². The Labute approximate surface area is 147 Å². The number of carbonyl (C=O) groups is 2. The van der Waals surface area contributed by atoms with Gasteiger partial charge in [-0.25, -0.2) is 0 Å². The number of anilines is 1. The van der Waals surface area contributed by atoms with Gasteiger partial charge in [-0.2, -0.15) is 0 Å². The molecule has 2 heterocycles. The number of aliphatic hydroxyl groups is 1. The van der Waals surface area contributed by atoms with Gasteiger partial charge in [-0.3, -0.25) is 9.59 Å². The van der Waals surface area contributed by atoms with Crippen LogP contribution in [0, 0.1) is 0 Å². The third-order valence-corrected chi connectivity index (χ3v) is 4.74. The third-order valence-electron chi connectivity index (χ3n) is 4.74. The molecule has 0 radical (unpaired) electrons. The van der Waals surface area contributed by atoms with Crippen LogP contribution in [0.1, 0.15) is 29.6 Å². The first-order chi connectivity index (χ1) is 12.0. The molecule has 0 aromatic heterocycles. The van der Waals surface area contributed by atoms with Gasteiger partial charge < -0.3 is 25.4 Å². The lowest BCUT2D eigenvalue weighted by Crippen LogP contribution is -2.48. The van der Waals surface area contributed by atoms with Crippen LogP contribution < -0.4 is 10.6 Å². The number of β-amino-alcohol motifs (C(OH)–C–C–N with tert-alkyl or cyclic N) is 1. The molecule has 2 aliphatic rings. The van der Waals surface area contributed by atoms with Crippen molar-refractivity contribution >= 4 is 17.5 Å². The molecule has 2 saturated heterocycles. The van der Waals surface area contributed by atoms with Crippen LogP contribution in [0.4, 0.5) is 5.69 Å². The van der Waals surface area contributed by atoms with Gasteiger partial charge >= 0.3 is 0 Å². The molecule has 1 unspecified atom stereocenters. The van der Waals surface area contributed by atoms with Gasteiger partial charge in [0.15, 0.2) is 0 Å². The standard InChI is InChI=1S/C18H25N3O4/c19-16(22)11-18(24)12-21(9-10-25-13-18)17(23)14-3-5-15(6-4-14)20-7-1-2-8-20/h3-6,24H,1-2,7-13H2,(H2,19,22). The summed E-state index contributed by atoms with van der Waals surface area (Å²) in [5.41, 5.74) is 5.45. The van der Waals surface area contributed by atoms with Gasteiger partial charge in [-0.1, -0.05) is 0 Å². The van der Waals surface area contributed by atoms with Gasteiger partial charge in [0.1, 0.15) is 5.60 Å². The minimum Gasteiger partial charge on any atom is -0.385 e. The number of benzene rings is 1. The molecule has 0 aliphatic carbocycles. The number of hydrogen-bond donors (Lipinski definition) is 2. The highest BCUT2D eigenvalue weighted by molar-refractivity contribution is 5.94. The molecule has 0 bridgehead atoms. The van der Waals surface area contributed by atoms with Crippen molar-refractivity contribution in [3.8, 4) is 0 Å². The Morgan fingerprint density at radius 1 is 1.16 bits per heavy atom. The zero-order valence-corrected chi connectivity index (χ0v) is 14.3. The second-order valence-electron chi connectivity index (χ2n) is 6.89. The fourth-order valence-corrected chi connectivity index (χ4v) is 3.49. The molecule has 25 heavy (non-hydrogen) atoms. The normalized spacial score (nSPS) is 24.2. The van der Waals surface area contributed by atoms with Crippen LogP contribution in [-0.2, 0) is 9.53 Å². The van der Waals surface area contributed by atoms with Gasteiger partial charge in [-0.15, -0.1) is 0 Å². The topological polar surface area (TPSA) is 96.1 Å². The molecular weight excluding hydrogens is 322 g/mol. The number of amides is 2. The summed E-state index contributed by atoms with van der Waals surface area (Å²) in [4.78, 5) is 27.8. The number of nitrogens with zero attached hydrogens (tertiary/aromatic N) is 2.